The largest absolute Gasteiger partial charge is 0.311 e. The maximum absolute atomic E-state index is 3.62. The van der Waals surface area contributed by atoms with E-state index < -0.39 is 0 Å². The Kier molecular flexibility index (Phi) is 3.64. The minimum Gasteiger partial charge on any atom is -0.311 e. The van der Waals surface area contributed by atoms with Crippen LogP contribution in [0.3, 0.4) is 0 Å². The van der Waals surface area contributed by atoms with Gasteiger partial charge in [-0.2, -0.15) is 0 Å². The SMILES string of the molecule is CN1CCCC1CNCc1csc2ccccc12. The maximum atomic E-state index is 3.62. The van der Waals surface area contributed by atoms with Crippen LogP contribution in [0.4, 0.5) is 0 Å². The summed E-state index contributed by atoms with van der Waals surface area (Å²) in [6, 6.07) is 9.40. The van der Waals surface area contributed by atoms with E-state index in [2.05, 4.69) is 46.9 Å². The molecule has 3 heteroatoms. The molecule has 1 atom stereocenters. The van der Waals surface area contributed by atoms with E-state index in [4.69, 9.17) is 0 Å². The van der Waals surface area contributed by atoms with Crippen molar-refractivity contribution in [2.75, 3.05) is 20.1 Å². The lowest BCUT2D eigenvalue weighted by molar-refractivity contribution is 0.300. The van der Waals surface area contributed by atoms with Crippen LogP contribution in [-0.4, -0.2) is 31.1 Å². The molecule has 0 amide bonds. The molecule has 0 saturated carbocycles. The van der Waals surface area contributed by atoms with Gasteiger partial charge in [-0.1, -0.05) is 18.2 Å². The zero-order valence-corrected chi connectivity index (χ0v) is 11.7. The predicted molar refractivity (Wildman–Crippen MR) is 79.2 cm³/mol. The molecule has 2 nitrogen and oxygen atoms in total. The highest BCUT2D eigenvalue weighted by Crippen LogP contribution is 2.25. The van der Waals surface area contributed by atoms with Gasteiger partial charge in [-0.25, -0.2) is 0 Å². The first-order valence-electron chi connectivity index (χ1n) is 6.70. The van der Waals surface area contributed by atoms with Crippen LogP contribution < -0.4 is 5.32 Å². The van der Waals surface area contributed by atoms with Gasteiger partial charge in [-0.15, -0.1) is 11.3 Å². The van der Waals surface area contributed by atoms with Gasteiger partial charge in [0.1, 0.15) is 0 Å². The highest BCUT2D eigenvalue weighted by atomic mass is 32.1. The van der Waals surface area contributed by atoms with Crippen LogP contribution in [0.1, 0.15) is 18.4 Å². The molecule has 1 N–H and O–H groups in total. The number of likely N-dealkylation sites (tertiary alicyclic amines) is 1. The van der Waals surface area contributed by atoms with Gasteiger partial charge in [0.05, 0.1) is 0 Å². The molecule has 2 heterocycles. The van der Waals surface area contributed by atoms with Crippen molar-refractivity contribution in [3.8, 4) is 0 Å². The van der Waals surface area contributed by atoms with Crippen LogP contribution in [0.2, 0.25) is 0 Å². The van der Waals surface area contributed by atoms with Gasteiger partial charge in [0.15, 0.2) is 0 Å². The van der Waals surface area contributed by atoms with Gasteiger partial charge in [0.2, 0.25) is 0 Å². The van der Waals surface area contributed by atoms with Crippen molar-refractivity contribution in [2.45, 2.75) is 25.4 Å². The van der Waals surface area contributed by atoms with Gasteiger partial charge in [-0.3, -0.25) is 0 Å². The quantitative estimate of drug-likeness (QED) is 0.909. The van der Waals surface area contributed by atoms with E-state index >= 15 is 0 Å². The summed E-state index contributed by atoms with van der Waals surface area (Å²) in [6.45, 7) is 3.36. The van der Waals surface area contributed by atoms with E-state index in [9.17, 15) is 0 Å². The fourth-order valence-electron chi connectivity index (χ4n) is 2.78. The Balaban J connectivity index is 1.60. The number of nitrogens with one attached hydrogen (secondary N) is 1. The number of thiophene rings is 1. The Morgan fingerprint density at radius 3 is 3.11 bits per heavy atom. The molecule has 0 aliphatic carbocycles. The third-order valence-corrected chi connectivity index (χ3v) is 4.94. The first-order valence-corrected chi connectivity index (χ1v) is 7.58. The van der Waals surface area contributed by atoms with Crippen molar-refractivity contribution < 1.29 is 0 Å². The molecule has 2 aromatic rings. The average Bonchev–Trinajstić information content (AvgIpc) is 2.97. The number of rotatable bonds is 4. The number of likely N-dealkylation sites (N-methyl/N-ethyl adjacent to an activating group) is 1. The van der Waals surface area contributed by atoms with Gasteiger partial charge in [0, 0.05) is 23.8 Å². The molecular weight excluding hydrogens is 240 g/mol. The number of nitrogens with zero attached hydrogens (tertiary/aromatic N) is 1. The molecule has 1 aliphatic heterocycles. The second-order valence-corrected chi connectivity index (χ2v) is 6.08. The fourth-order valence-corrected chi connectivity index (χ4v) is 3.74. The van der Waals surface area contributed by atoms with Crippen LogP contribution in [0.15, 0.2) is 29.6 Å². The van der Waals surface area contributed by atoms with Crippen LogP contribution in [-0.2, 0) is 6.54 Å². The summed E-state index contributed by atoms with van der Waals surface area (Å²) in [5.41, 5.74) is 1.44. The first kappa shape index (κ1) is 12.2. The van der Waals surface area contributed by atoms with Crippen LogP contribution >= 0.6 is 11.3 Å². The third-order valence-electron chi connectivity index (χ3n) is 3.93. The fraction of sp³-hybridized carbons (Fsp3) is 0.467. The van der Waals surface area contributed by atoms with Crippen LogP contribution in [0, 0.1) is 0 Å². The predicted octanol–water partition coefficient (Wildman–Crippen LogP) is 3.09. The third kappa shape index (κ3) is 2.44. The van der Waals surface area contributed by atoms with Crippen molar-refractivity contribution in [3.63, 3.8) is 0 Å². The molecule has 1 unspecified atom stereocenters. The summed E-state index contributed by atoms with van der Waals surface area (Å²) in [5, 5.41) is 7.32. The maximum Gasteiger partial charge on any atom is 0.0346 e. The van der Waals surface area contributed by atoms with E-state index in [1.165, 1.54) is 35.0 Å². The number of fused-ring (bicyclic) bond motifs is 1. The zero-order chi connectivity index (χ0) is 12.4. The second kappa shape index (κ2) is 5.39. The van der Waals surface area contributed by atoms with Crippen molar-refractivity contribution >= 4 is 21.4 Å². The summed E-state index contributed by atoms with van der Waals surface area (Å²) in [6.07, 6.45) is 2.69. The highest BCUT2D eigenvalue weighted by Gasteiger charge is 2.19. The van der Waals surface area contributed by atoms with Gasteiger partial charge in [-0.05, 0) is 48.8 Å². The van der Waals surface area contributed by atoms with E-state index in [0.717, 1.165) is 19.1 Å². The molecule has 0 spiro atoms. The Labute approximate surface area is 113 Å². The van der Waals surface area contributed by atoms with E-state index in [-0.39, 0.29) is 0 Å². The highest BCUT2D eigenvalue weighted by molar-refractivity contribution is 7.17. The molecule has 1 aliphatic rings. The van der Waals surface area contributed by atoms with Gasteiger partial charge in [0.25, 0.3) is 0 Å². The lowest BCUT2D eigenvalue weighted by Gasteiger charge is -2.19. The van der Waals surface area contributed by atoms with E-state index in [0.29, 0.717) is 0 Å². The lowest BCUT2D eigenvalue weighted by atomic mass is 10.1. The Morgan fingerprint density at radius 1 is 1.39 bits per heavy atom. The summed E-state index contributed by atoms with van der Waals surface area (Å²) in [4.78, 5) is 2.47. The Morgan fingerprint density at radius 2 is 2.28 bits per heavy atom. The Hall–Kier alpha value is -0.900. The minimum absolute atomic E-state index is 0.731. The van der Waals surface area contributed by atoms with Crippen molar-refractivity contribution in [2.24, 2.45) is 0 Å². The topological polar surface area (TPSA) is 15.3 Å². The summed E-state index contributed by atoms with van der Waals surface area (Å²) >= 11 is 1.85. The molecule has 3 rings (SSSR count). The van der Waals surface area contributed by atoms with Crippen LogP contribution in [0.5, 0.6) is 0 Å². The lowest BCUT2D eigenvalue weighted by Crippen LogP contribution is -2.35. The summed E-state index contributed by atoms with van der Waals surface area (Å²) < 4.78 is 1.40. The number of hydrogen-bond acceptors (Lipinski definition) is 3. The molecule has 0 radical (unpaired) electrons. The smallest absolute Gasteiger partial charge is 0.0346 e. The molecule has 0 bridgehead atoms. The molecule has 1 saturated heterocycles. The number of hydrogen-bond donors (Lipinski definition) is 1. The second-order valence-electron chi connectivity index (χ2n) is 5.16. The zero-order valence-electron chi connectivity index (χ0n) is 10.9. The Bertz CT molecular complexity index is 520. The summed E-state index contributed by atoms with van der Waals surface area (Å²) in [7, 11) is 2.24. The molecule has 96 valence electrons. The average molecular weight is 260 g/mol. The monoisotopic (exact) mass is 260 g/mol. The van der Waals surface area contributed by atoms with Crippen molar-refractivity contribution in [1.29, 1.82) is 0 Å². The number of benzene rings is 1. The van der Waals surface area contributed by atoms with Gasteiger partial charge < -0.3 is 10.2 Å². The first-order chi connectivity index (χ1) is 8.84. The molecule has 1 aromatic carbocycles. The normalized spacial score (nSPS) is 20.8. The molecular formula is C15H20N2S. The minimum atomic E-state index is 0.731. The van der Waals surface area contributed by atoms with E-state index in [1.807, 2.05) is 11.3 Å². The summed E-state index contributed by atoms with van der Waals surface area (Å²) in [5.74, 6) is 0. The van der Waals surface area contributed by atoms with Crippen molar-refractivity contribution in [3.05, 3.63) is 35.2 Å². The standard InChI is InChI=1S/C15H20N2S/c1-17-8-4-5-13(17)10-16-9-12-11-18-15-7-3-2-6-14(12)15/h2-3,6-7,11,13,16H,4-5,8-10H2,1H3. The van der Waals surface area contributed by atoms with E-state index in [1.54, 1.807) is 0 Å². The molecule has 1 fully saturated rings. The molecule has 18 heavy (non-hydrogen) atoms. The molecule has 1 aromatic heterocycles. The van der Waals surface area contributed by atoms with Crippen LogP contribution in [0.25, 0.3) is 10.1 Å². The van der Waals surface area contributed by atoms with Crippen molar-refractivity contribution in [1.82, 2.24) is 10.2 Å². The van der Waals surface area contributed by atoms with Gasteiger partial charge >= 0.3 is 0 Å².